The van der Waals surface area contributed by atoms with Gasteiger partial charge in [0.15, 0.2) is 5.96 Å². The number of nitrogens with one attached hydrogen (secondary N) is 1. The monoisotopic (exact) mass is 443 g/mol. The van der Waals surface area contributed by atoms with Gasteiger partial charge in [0.05, 0.1) is 6.54 Å². The smallest absolute Gasteiger partial charge is 0.405 e. The summed E-state index contributed by atoms with van der Waals surface area (Å²) >= 11 is 0. The standard InChI is InChI=1S/C15H20F3N3O.HI/c1-2-19-14(21-9-5-6-10-21)20-11-12-7-3-4-8-13(12)22-15(16,17)18;/h3-4,7-8H,2,5-6,9-11H2,1H3,(H,19,20);1H. The van der Waals surface area contributed by atoms with Crippen LogP contribution in [0.25, 0.3) is 0 Å². The number of nitrogens with zero attached hydrogens (tertiary/aromatic N) is 2. The minimum Gasteiger partial charge on any atom is -0.405 e. The first kappa shape index (κ1) is 19.9. The summed E-state index contributed by atoms with van der Waals surface area (Å²) in [5.74, 6) is 0.540. The first-order valence-corrected chi connectivity index (χ1v) is 7.36. The average Bonchev–Trinajstić information content (AvgIpc) is 2.97. The number of alkyl halides is 3. The van der Waals surface area contributed by atoms with Crippen molar-refractivity contribution in [3.63, 3.8) is 0 Å². The zero-order chi connectivity index (χ0) is 16.0. The second kappa shape index (κ2) is 9.19. The molecule has 1 saturated heterocycles. The van der Waals surface area contributed by atoms with Crippen molar-refractivity contribution in [2.75, 3.05) is 19.6 Å². The van der Waals surface area contributed by atoms with Crippen LogP contribution in [-0.2, 0) is 6.54 Å². The molecule has 0 radical (unpaired) electrons. The van der Waals surface area contributed by atoms with E-state index in [1.54, 1.807) is 12.1 Å². The first-order chi connectivity index (χ1) is 10.5. The van der Waals surface area contributed by atoms with Crippen molar-refractivity contribution in [1.29, 1.82) is 0 Å². The Balaban J connectivity index is 0.00000264. The van der Waals surface area contributed by atoms with E-state index in [4.69, 9.17) is 0 Å². The molecule has 1 heterocycles. The van der Waals surface area contributed by atoms with Crippen molar-refractivity contribution in [2.24, 2.45) is 4.99 Å². The molecule has 1 aliphatic rings. The van der Waals surface area contributed by atoms with Crippen LogP contribution in [0, 0.1) is 0 Å². The van der Waals surface area contributed by atoms with Crippen LogP contribution in [0.1, 0.15) is 25.3 Å². The Morgan fingerprint density at radius 3 is 2.52 bits per heavy atom. The van der Waals surface area contributed by atoms with Crippen LogP contribution < -0.4 is 10.1 Å². The summed E-state index contributed by atoms with van der Waals surface area (Å²) < 4.78 is 41.3. The summed E-state index contributed by atoms with van der Waals surface area (Å²) in [5.41, 5.74) is 0.412. The van der Waals surface area contributed by atoms with Crippen LogP contribution in [0.5, 0.6) is 5.75 Å². The lowest BCUT2D eigenvalue weighted by atomic mass is 10.2. The number of likely N-dealkylation sites (tertiary alicyclic amines) is 1. The number of guanidine groups is 1. The number of hydrogen-bond acceptors (Lipinski definition) is 2. The van der Waals surface area contributed by atoms with Crippen LogP contribution in [0.3, 0.4) is 0 Å². The maximum atomic E-state index is 12.4. The summed E-state index contributed by atoms with van der Waals surface area (Å²) in [7, 11) is 0. The first-order valence-electron chi connectivity index (χ1n) is 7.36. The van der Waals surface area contributed by atoms with Crippen LogP contribution in [0.15, 0.2) is 29.3 Å². The van der Waals surface area contributed by atoms with Gasteiger partial charge in [-0.05, 0) is 25.8 Å². The van der Waals surface area contributed by atoms with E-state index in [1.807, 2.05) is 6.92 Å². The predicted octanol–water partition coefficient (Wildman–Crippen LogP) is 3.76. The van der Waals surface area contributed by atoms with Crippen molar-refractivity contribution in [3.05, 3.63) is 29.8 Å². The van der Waals surface area contributed by atoms with Gasteiger partial charge in [0.25, 0.3) is 0 Å². The molecule has 0 amide bonds. The average molecular weight is 443 g/mol. The van der Waals surface area contributed by atoms with E-state index < -0.39 is 6.36 Å². The highest BCUT2D eigenvalue weighted by Gasteiger charge is 2.31. The number of halogens is 4. The van der Waals surface area contributed by atoms with Gasteiger partial charge in [0, 0.05) is 25.2 Å². The number of benzene rings is 1. The van der Waals surface area contributed by atoms with E-state index in [0.717, 1.165) is 38.4 Å². The summed E-state index contributed by atoms with van der Waals surface area (Å²) in [4.78, 5) is 6.56. The van der Waals surface area contributed by atoms with Crippen LogP contribution in [0.2, 0.25) is 0 Å². The number of ether oxygens (including phenoxy) is 1. The van der Waals surface area contributed by atoms with Crippen molar-refractivity contribution in [1.82, 2.24) is 10.2 Å². The van der Waals surface area contributed by atoms with Crippen LogP contribution >= 0.6 is 24.0 Å². The number of aliphatic imine (C=N–C) groups is 1. The van der Waals surface area contributed by atoms with Crippen LogP contribution in [-0.4, -0.2) is 36.9 Å². The lowest BCUT2D eigenvalue weighted by Gasteiger charge is -2.21. The molecule has 0 aliphatic carbocycles. The van der Waals surface area contributed by atoms with Gasteiger partial charge in [0.1, 0.15) is 5.75 Å². The van der Waals surface area contributed by atoms with E-state index in [1.165, 1.54) is 12.1 Å². The normalized spacial score (nSPS) is 15.3. The Morgan fingerprint density at radius 2 is 1.91 bits per heavy atom. The van der Waals surface area contributed by atoms with Gasteiger partial charge >= 0.3 is 6.36 Å². The molecule has 0 saturated carbocycles. The molecule has 0 atom stereocenters. The maximum Gasteiger partial charge on any atom is 0.573 e. The van der Waals surface area contributed by atoms with Gasteiger partial charge in [-0.15, -0.1) is 37.1 Å². The quantitative estimate of drug-likeness (QED) is 0.438. The van der Waals surface area contributed by atoms with Crippen molar-refractivity contribution in [3.8, 4) is 5.75 Å². The lowest BCUT2D eigenvalue weighted by molar-refractivity contribution is -0.274. The topological polar surface area (TPSA) is 36.9 Å². The molecule has 0 spiro atoms. The Labute approximate surface area is 151 Å². The highest BCUT2D eigenvalue weighted by Crippen LogP contribution is 2.26. The highest BCUT2D eigenvalue weighted by atomic mass is 127. The van der Waals surface area contributed by atoms with Gasteiger partial charge in [-0.25, -0.2) is 4.99 Å². The van der Waals surface area contributed by atoms with E-state index in [-0.39, 0.29) is 36.3 Å². The van der Waals surface area contributed by atoms with E-state index in [9.17, 15) is 13.2 Å². The molecule has 1 N–H and O–H groups in total. The largest absolute Gasteiger partial charge is 0.573 e. The van der Waals surface area contributed by atoms with Gasteiger partial charge in [-0.1, -0.05) is 18.2 Å². The number of para-hydroxylation sites is 1. The minimum atomic E-state index is -4.70. The van der Waals surface area contributed by atoms with Crippen molar-refractivity contribution in [2.45, 2.75) is 32.7 Å². The predicted molar refractivity (Wildman–Crippen MR) is 94.2 cm³/mol. The molecule has 8 heteroatoms. The minimum absolute atomic E-state index is 0. The molecule has 1 aromatic carbocycles. The molecule has 1 aromatic rings. The Bertz CT molecular complexity index is 517. The van der Waals surface area contributed by atoms with E-state index in [2.05, 4.69) is 19.9 Å². The van der Waals surface area contributed by atoms with Gasteiger partial charge in [-0.3, -0.25) is 0 Å². The van der Waals surface area contributed by atoms with E-state index >= 15 is 0 Å². The molecular weight excluding hydrogens is 422 g/mol. The molecule has 1 aliphatic heterocycles. The molecular formula is C15H21F3IN3O. The van der Waals surface area contributed by atoms with E-state index in [0.29, 0.717) is 5.56 Å². The molecule has 1 fully saturated rings. The fraction of sp³-hybridized carbons (Fsp3) is 0.533. The third kappa shape index (κ3) is 6.44. The van der Waals surface area contributed by atoms with Gasteiger partial charge in [-0.2, -0.15) is 0 Å². The number of hydrogen-bond donors (Lipinski definition) is 1. The summed E-state index contributed by atoms with van der Waals surface area (Å²) in [6, 6.07) is 6.09. The number of rotatable bonds is 4. The SMILES string of the molecule is CCNC(=NCc1ccccc1OC(F)(F)F)N1CCCC1.I. The molecule has 130 valence electrons. The summed E-state index contributed by atoms with van der Waals surface area (Å²) in [6.45, 7) is 4.67. The molecule has 0 bridgehead atoms. The van der Waals surface area contributed by atoms with Crippen molar-refractivity contribution >= 4 is 29.9 Å². The summed E-state index contributed by atoms with van der Waals surface area (Å²) in [5, 5.41) is 3.18. The second-order valence-electron chi connectivity index (χ2n) is 5.02. The molecule has 2 rings (SSSR count). The third-order valence-corrected chi connectivity index (χ3v) is 3.34. The molecule has 4 nitrogen and oxygen atoms in total. The molecule has 23 heavy (non-hydrogen) atoms. The van der Waals surface area contributed by atoms with Crippen molar-refractivity contribution < 1.29 is 17.9 Å². The second-order valence-corrected chi connectivity index (χ2v) is 5.02. The Hall–Kier alpha value is -1.19. The summed E-state index contributed by atoms with van der Waals surface area (Å²) in [6.07, 6.45) is -2.48. The highest BCUT2D eigenvalue weighted by molar-refractivity contribution is 14.0. The third-order valence-electron chi connectivity index (χ3n) is 3.34. The van der Waals surface area contributed by atoms with Crippen LogP contribution in [0.4, 0.5) is 13.2 Å². The lowest BCUT2D eigenvalue weighted by Crippen LogP contribution is -2.39. The zero-order valence-corrected chi connectivity index (χ0v) is 15.2. The zero-order valence-electron chi connectivity index (χ0n) is 12.9. The van der Waals surface area contributed by atoms with Gasteiger partial charge < -0.3 is 15.0 Å². The molecule has 0 unspecified atom stereocenters. The Morgan fingerprint density at radius 1 is 1.26 bits per heavy atom. The molecule has 0 aromatic heterocycles. The maximum absolute atomic E-state index is 12.4. The van der Waals surface area contributed by atoms with Gasteiger partial charge in [0.2, 0.25) is 0 Å². The fourth-order valence-electron chi connectivity index (χ4n) is 2.37. The Kier molecular flexibility index (Phi) is 7.93. The fourth-order valence-corrected chi connectivity index (χ4v) is 2.37.